The summed E-state index contributed by atoms with van der Waals surface area (Å²) < 4.78 is 18.7. The molecule has 1 N–H and O–H groups in total. The highest BCUT2D eigenvalue weighted by Crippen LogP contribution is 2.75. The van der Waals surface area contributed by atoms with Gasteiger partial charge in [-0.15, -0.1) is 0 Å². The lowest BCUT2D eigenvalue weighted by Gasteiger charge is -2.71. The number of benzene rings is 1. The number of esters is 3. The first-order valence-electron chi connectivity index (χ1n) is 21.4. The average molecular weight is 776 g/mol. The highest BCUT2D eigenvalue weighted by molar-refractivity contribution is 6.03. The van der Waals surface area contributed by atoms with Crippen molar-refractivity contribution in [1.82, 2.24) is 5.32 Å². The van der Waals surface area contributed by atoms with E-state index in [1.165, 1.54) is 12.5 Å². The van der Waals surface area contributed by atoms with E-state index in [-0.39, 0.29) is 69.3 Å². The van der Waals surface area contributed by atoms with Crippen molar-refractivity contribution in [2.75, 3.05) is 47.4 Å². The quantitative estimate of drug-likeness (QED) is 0.0833. The fourth-order valence-corrected chi connectivity index (χ4v) is 12.8. The summed E-state index contributed by atoms with van der Waals surface area (Å²) in [6, 6.07) is 6.67. The molecule has 310 valence electrons. The van der Waals surface area contributed by atoms with Gasteiger partial charge >= 0.3 is 17.9 Å². The van der Waals surface area contributed by atoms with Gasteiger partial charge in [-0.05, 0) is 116 Å². The van der Waals surface area contributed by atoms with Crippen LogP contribution in [0.5, 0.6) is 0 Å². The van der Waals surface area contributed by atoms with Gasteiger partial charge in [-0.1, -0.05) is 71.7 Å². The van der Waals surface area contributed by atoms with Crippen LogP contribution in [0.3, 0.4) is 0 Å². The number of nitrogens with zero attached hydrogens (tertiary/aromatic N) is 1. The maximum Gasteiger partial charge on any atom is 0.339 e. The van der Waals surface area contributed by atoms with E-state index in [1.54, 1.807) is 29.8 Å². The fraction of sp³-hybridized carbons (Fsp3) is 0.745. The summed E-state index contributed by atoms with van der Waals surface area (Å²) in [5.74, 6) is -0.428. The zero-order valence-corrected chi connectivity index (χ0v) is 36.5. The Labute approximate surface area is 336 Å². The Hall–Kier alpha value is -3.20. The lowest BCUT2D eigenvalue weighted by Crippen LogP contribution is -2.64. The minimum atomic E-state index is -0.612. The molecule has 0 saturated heterocycles. The number of allylic oxidation sites excluding steroid dienone is 1. The van der Waals surface area contributed by atoms with E-state index in [4.69, 9.17) is 14.2 Å². The number of hydrogen-bond acceptors (Lipinski definition) is 7. The van der Waals surface area contributed by atoms with Crippen molar-refractivity contribution in [2.45, 2.75) is 132 Å². The van der Waals surface area contributed by atoms with E-state index in [1.807, 2.05) is 0 Å². The number of nitrogens with one attached hydrogen (secondary N) is 1. The third-order valence-corrected chi connectivity index (χ3v) is 16.2. The summed E-state index contributed by atoms with van der Waals surface area (Å²) in [5.41, 5.74) is 2.92. The largest absolute Gasteiger partial charge is 0.460 e. The van der Waals surface area contributed by atoms with E-state index in [0.29, 0.717) is 18.4 Å². The molecule has 0 heterocycles. The number of rotatable bonds is 10. The van der Waals surface area contributed by atoms with Crippen LogP contribution in [0.4, 0.5) is 0 Å². The number of ether oxygens (including phenoxy) is 3. The normalized spacial score (nSPS) is 34.4. The first-order chi connectivity index (χ1) is 26.0. The minimum Gasteiger partial charge on any atom is -0.460 e. The Kier molecular flexibility index (Phi) is 11.3. The average Bonchev–Trinajstić information content (AvgIpc) is 3.10. The Morgan fingerprint density at radius 2 is 1.41 bits per heavy atom. The molecule has 4 saturated carbocycles. The van der Waals surface area contributed by atoms with Gasteiger partial charge < -0.3 is 24.0 Å². The van der Waals surface area contributed by atoms with Gasteiger partial charge in [-0.2, -0.15) is 0 Å². The molecule has 4 fully saturated rings. The number of likely N-dealkylation sites (N-methyl/N-ethyl adjacent to an activating group) is 1. The highest BCUT2D eigenvalue weighted by Gasteiger charge is 2.68. The summed E-state index contributed by atoms with van der Waals surface area (Å²) in [4.78, 5) is 52.4. The summed E-state index contributed by atoms with van der Waals surface area (Å²) in [7, 11) is 6.43. The molecule has 5 aliphatic carbocycles. The Bertz CT molecular complexity index is 1760. The SMILES string of the molecule is CC(=O)NCCOC(=O)c1ccccc1C(=O)O[C@H]1CC[C@]2(C)[C@H]3CCC4=C5CC(C)(C)CC[C@]5(C(=O)OCC[N+](C)(C)C)CC[C@@]4(C)[C@]3(C)CC[C@H]2C1(C)C. The van der Waals surface area contributed by atoms with Crippen LogP contribution in [0, 0.1) is 44.3 Å². The van der Waals surface area contributed by atoms with Crippen LogP contribution in [0.1, 0.15) is 147 Å². The summed E-state index contributed by atoms with van der Waals surface area (Å²) >= 11 is 0. The van der Waals surface area contributed by atoms with Crippen molar-refractivity contribution in [3.05, 3.63) is 46.5 Å². The second-order valence-corrected chi connectivity index (χ2v) is 21.4. The molecule has 1 aromatic rings. The van der Waals surface area contributed by atoms with Crippen molar-refractivity contribution in [2.24, 2.45) is 44.3 Å². The number of carbonyl (C=O) groups excluding carboxylic acids is 4. The van der Waals surface area contributed by atoms with Crippen LogP contribution < -0.4 is 5.32 Å². The Morgan fingerprint density at radius 1 is 0.750 bits per heavy atom. The van der Waals surface area contributed by atoms with Crippen molar-refractivity contribution in [3.63, 3.8) is 0 Å². The molecule has 9 nitrogen and oxygen atoms in total. The monoisotopic (exact) mass is 776 g/mol. The Morgan fingerprint density at radius 3 is 2.07 bits per heavy atom. The Balaban J connectivity index is 1.23. The van der Waals surface area contributed by atoms with E-state index < -0.39 is 17.4 Å². The summed E-state index contributed by atoms with van der Waals surface area (Å²) in [5, 5.41) is 2.62. The van der Waals surface area contributed by atoms with Gasteiger partial charge in [0.1, 0.15) is 25.9 Å². The molecular formula is C47H71N2O7+. The first kappa shape index (κ1) is 42.4. The molecule has 0 spiro atoms. The molecule has 0 radical (unpaired) electrons. The molecule has 0 aliphatic heterocycles. The van der Waals surface area contributed by atoms with Crippen LogP contribution in [0.25, 0.3) is 0 Å². The van der Waals surface area contributed by atoms with Crippen LogP contribution in [-0.2, 0) is 23.8 Å². The second kappa shape index (κ2) is 14.9. The molecule has 6 rings (SSSR count). The van der Waals surface area contributed by atoms with Gasteiger partial charge in [0.25, 0.3) is 0 Å². The van der Waals surface area contributed by atoms with E-state index in [9.17, 15) is 19.2 Å². The van der Waals surface area contributed by atoms with Gasteiger partial charge in [-0.3, -0.25) is 9.59 Å². The van der Waals surface area contributed by atoms with Crippen LogP contribution in [0.15, 0.2) is 35.4 Å². The third-order valence-electron chi connectivity index (χ3n) is 16.2. The van der Waals surface area contributed by atoms with Gasteiger partial charge in [0.2, 0.25) is 5.91 Å². The summed E-state index contributed by atoms with van der Waals surface area (Å²) in [6.07, 6.45) is 10.6. The smallest absolute Gasteiger partial charge is 0.339 e. The second-order valence-electron chi connectivity index (χ2n) is 21.4. The maximum atomic E-state index is 14.3. The van der Waals surface area contributed by atoms with Crippen molar-refractivity contribution < 1.29 is 37.9 Å². The zero-order valence-electron chi connectivity index (χ0n) is 36.5. The van der Waals surface area contributed by atoms with Crippen molar-refractivity contribution in [1.29, 1.82) is 0 Å². The van der Waals surface area contributed by atoms with E-state index in [0.717, 1.165) is 81.7 Å². The first-order valence-corrected chi connectivity index (χ1v) is 21.4. The zero-order chi connectivity index (χ0) is 41.1. The number of hydrogen-bond donors (Lipinski definition) is 1. The molecule has 1 aromatic carbocycles. The molecule has 5 aliphatic rings. The molecule has 0 bridgehead atoms. The van der Waals surface area contributed by atoms with Gasteiger partial charge in [-0.25, -0.2) is 9.59 Å². The number of carbonyl (C=O) groups is 4. The number of quaternary nitrogens is 1. The topological polar surface area (TPSA) is 108 Å². The highest BCUT2D eigenvalue weighted by atomic mass is 16.5. The number of amides is 1. The lowest BCUT2D eigenvalue weighted by molar-refractivity contribution is -0.870. The maximum absolute atomic E-state index is 14.3. The molecule has 56 heavy (non-hydrogen) atoms. The van der Waals surface area contributed by atoms with Crippen molar-refractivity contribution in [3.8, 4) is 0 Å². The van der Waals surface area contributed by atoms with Gasteiger partial charge in [0.05, 0.1) is 44.2 Å². The third kappa shape index (κ3) is 7.36. The molecular weight excluding hydrogens is 705 g/mol. The molecule has 0 aromatic heterocycles. The molecule has 1 amide bonds. The van der Waals surface area contributed by atoms with E-state index in [2.05, 4.69) is 74.9 Å². The molecule has 0 unspecified atom stereocenters. The fourth-order valence-electron chi connectivity index (χ4n) is 12.8. The predicted octanol–water partition coefficient (Wildman–Crippen LogP) is 8.70. The van der Waals surface area contributed by atoms with Gasteiger partial charge in [0.15, 0.2) is 0 Å². The van der Waals surface area contributed by atoms with E-state index >= 15 is 0 Å². The molecule has 7 atom stereocenters. The predicted molar refractivity (Wildman–Crippen MR) is 218 cm³/mol. The molecule has 9 heteroatoms. The standard InChI is InChI=1S/C47H70N2O7/c1-31(50)48-26-28-54-39(51)32-14-12-13-15-33(32)40(52)56-38-19-20-44(6)36(43(38,4)5)18-21-46(8)37(44)17-16-34-35-30-42(2,3)22-24-47(35,25-23-45(34,46)7)41(53)55-29-27-49(9,10)11/h12-15,36-38H,16-30H2,1-11H3/p+1/t36-,37+,38-,44-,45+,46+,47-/m0/s1. The van der Waals surface area contributed by atoms with Crippen LogP contribution in [-0.4, -0.2) is 81.8 Å². The van der Waals surface area contributed by atoms with Crippen LogP contribution in [0.2, 0.25) is 0 Å². The number of fused-ring (bicyclic) bond motifs is 6. The van der Waals surface area contributed by atoms with Crippen LogP contribution >= 0.6 is 0 Å². The minimum absolute atomic E-state index is 0.00658. The summed E-state index contributed by atoms with van der Waals surface area (Å²) in [6.45, 7) is 19.9. The van der Waals surface area contributed by atoms with Gasteiger partial charge in [0, 0.05) is 12.3 Å². The van der Waals surface area contributed by atoms with Crippen molar-refractivity contribution >= 4 is 23.8 Å². The lowest BCUT2D eigenvalue weighted by atomic mass is 9.34.